The van der Waals surface area contributed by atoms with E-state index in [0.29, 0.717) is 12.3 Å². The van der Waals surface area contributed by atoms with Gasteiger partial charge in [0.2, 0.25) is 11.8 Å². The maximum Gasteiger partial charge on any atom is 0.238 e. The lowest BCUT2D eigenvalue weighted by atomic mass is 9.63. The molecule has 0 N–H and O–H groups in total. The third-order valence-electron chi connectivity index (χ3n) is 5.62. The van der Waals surface area contributed by atoms with Gasteiger partial charge in [0.1, 0.15) is 5.75 Å². The molecular formula is C20H23NO3. The summed E-state index contributed by atoms with van der Waals surface area (Å²) in [5.74, 6) is 0.900. The largest absolute Gasteiger partial charge is 0.494 e. The maximum absolute atomic E-state index is 12.9. The van der Waals surface area contributed by atoms with Gasteiger partial charge in [-0.2, -0.15) is 0 Å². The van der Waals surface area contributed by atoms with Crippen LogP contribution in [0, 0.1) is 23.7 Å². The molecule has 4 aliphatic rings. The van der Waals surface area contributed by atoms with Crippen LogP contribution in [0.25, 0.3) is 0 Å². The monoisotopic (exact) mass is 325 g/mol. The van der Waals surface area contributed by atoms with Gasteiger partial charge in [-0.25, -0.2) is 0 Å². The summed E-state index contributed by atoms with van der Waals surface area (Å²) in [6.07, 6.45) is 8.46. The van der Waals surface area contributed by atoms with Crippen molar-refractivity contribution in [2.24, 2.45) is 23.7 Å². The number of carbonyl (C=O) groups is 2. The molecule has 24 heavy (non-hydrogen) atoms. The number of imide groups is 1. The minimum absolute atomic E-state index is 0.0244. The average molecular weight is 325 g/mol. The number of anilines is 1. The Labute approximate surface area is 142 Å². The maximum atomic E-state index is 12.9. The van der Waals surface area contributed by atoms with Gasteiger partial charge in [0.15, 0.2) is 0 Å². The van der Waals surface area contributed by atoms with E-state index in [1.54, 1.807) is 0 Å². The van der Waals surface area contributed by atoms with E-state index in [2.05, 4.69) is 19.1 Å². The number of allylic oxidation sites excluding steroid dienone is 2. The van der Waals surface area contributed by atoms with Gasteiger partial charge < -0.3 is 4.74 Å². The predicted molar refractivity (Wildman–Crippen MR) is 91.7 cm³/mol. The molecule has 4 atom stereocenters. The Hall–Kier alpha value is -2.10. The summed E-state index contributed by atoms with van der Waals surface area (Å²) >= 11 is 0. The lowest BCUT2D eigenvalue weighted by Crippen LogP contribution is -2.38. The Balaban J connectivity index is 1.54. The van der Waals surface area contributed by atoms with Crippen LogP contribution in [-0.4, -0.2) is 18.4 Å². The zero-order valence-corrected chi connectivity index (χ0v) is 14.0. The molecular weight excluding hydrogens is 302 g/mol. The first kappa shape index (κ1) is 15.4. The molecule has 5 rings (SSSR count). The molecule has 1 aliphatic heterocycles. The van der Waals surface area contributed by atoms with Crippen molar-refractivity contribution in [1.82, 2.24) is 0 Å². The van der Waals surface area contributed by atoms with Gasteiger partial charge in [0.05, 0.1) is 24.1 Å². The Morgan fingerprint density at radius 3 is 2.08 bits per heavy atom. The quantitative estimate of drug-likeness (QED) is 0.472. The fourth-order valence-corrected chi connectivity index (χ4v) is 4.35. The van der Waals surface area contributed by atoms with E-state index in [-0.39, 0.29) is 35.5 Å². The minimum Gasteiger partial charge on any atom is -0.494 e. The number of amides is 2. The molecule has 4 nitrogen and oxygen atoms in total. The third-order valence-corrected chi connectivity index (χ3v) is 5.62. The number of nitrogens with zero attached hydrogens (tertiary/aromatic N) is 1. The van der Waals surface area contributed by atoms with E-state index in [0.717, 1.165) is 31.4 Å². The van der Waals surface area contributed by atoms with Crippen LogP contribution in [0.5, 0.6) is 5.75 Å². The van der Waals surface area contributed by atoms with Crippen molar-refractivity contribution >= 4 is 17.5 Å². The summed E-state index contributed by atoms with van der Waals surface area (Å²) < 4.78 is 5.66. The van der Waals surface area contributed by atoms with Gasteiger partial charge in [-0.3, -0.25) is 14.5 Å². The number of carbonyl (C=O) groups excluding carboxylic acids is 2. The highest BCUT2D eigenvalue weighted by Gasteiger charge is 2.56. The summed E-state index contributed by atoms with van der Waals surface area (Å²) in [7, 11) is 0. The first-order valence-corrected chi connectivity index (χ1v) is 8.99. The molecule has 2 unspecified atom stereocenters. The van der Waals surface area contributed by atoms with Crippen LogP contribution >= 0.6 is 0 Å². The number of unbranched alkanes of at least 4 members (excludes halogenated alkanes) is 1. The number of rotatable bonds is 5. The van der Waals surface area contributed by atoms with E-state index in [4.69, 9.17) is 4.74 Å². The standard InChI is InChI=1S/C20H23NO3/c1-2-3-12-24-16-10-8-15(9-11-16)21-19(22)17-13-4-5-14(7-6-13)18(17)20(21)23/h4-5,8-11,13-14,17-18H,2-3,6-7,12H2,1H3/t13-,14+,17?,18?. The predicted octanol–water partition coefficient (Wildman–Crippen LogP) is 3.57. The number of benzene rings is 1. The van der Waals surface area contributed by atoms with Crippen molar-refractivity contribution in [3.63, 3.8) is 0 Å². The topological polar surface area (TPSA) is 46.6 Å². The zero-order chi connectivity index (χ0) is 16.7. The van der Waals surface area contributed by atoms with Crippen LogP contribution in [0.1, 0.15) is 32.6 Å². The highest BCUT2D eigenvalue weighted by Crippen LogP contribution is 2.50. The molecule has 4 heteroatoms. The third kappa shape index (κ3) is 2.36. The summed E-state index contributed by atoms with van der Waals surface area (Å²) in [6.45, 7) is 2.81. The number of hydrogen-bond donors (Lipinski definition) is 0. The number of hydrogen-bond acceptors (Lipinski definition) is 3. The second-order valence-electron chi connectivity index (χ2n) is 7.05. The smallest absolute Gasteiger partial charge is 0.238 e. The Morgan fingerprint density at radius 2 is 1.58 bits per heavy atom. The molecule has 126 valence electrons. The summed E-state index contributed by atoms with van der Waals surface area (Å²) in [4.78, 5) is 27.2. The molecule has 1 saturated carbocycles. The second-order valence-corrected chi connectivity index (χ2v) is 7.05. The molecule has 0 aromatic heterocycles. The van der Waals surface area contributed by atoms with Crippen molar-refractivity contribution in [2.45, 2.75) is 32.6 Å². The van der Waals surface area contributed by atoms with Crippen LogP contribution in [0.2, 0.25) is 0 Å². The lowest BCUT2D eigenvalue weighted by Gasteiger charge is -2.38. The molecule has 0 radical (unpaired) electrons. The van der Waals surface area contributed by atoms with Gasteiger partial charge in [-0.05, 0) is 55.4 Å². The van der Waals surface area contributed by atoms with Gasteiger partial charge >= 0.3 is 0 Å². The first-order valence-electron chi connectivity index (χ1n) is 8.99. The molecule has 3 aliphatic carbocycles. The fraction of sp³-hybridized carbons (Fsp3) is 0.500. The molecule has 0 spiro atoms. The zero-order valence-electron chi connectivity index (χ0n) is 14.0. The summed E-state index contributed by atoms with van der Waals surface area (Å²) in [5, 5.41) is 0. The van der Waals surface area contributed by atoms with Gasteiger partial charge in [-0.1, -0.05) is 25.5 Å². The highest BCUT2D eigenvalue weighted by molar-refractivity contribution is 6.22. The van der Waals surface area contributed by atoms with Crippen molar-refractivity contribution in [2.75, 3.05) is 11.5 Å². The first-order chi connectivity index (χ1) is 11.7. The Bertz CT molecular complexity index is 647. The van der Waals surface area contributed by atoms with E-state index in [1.165, 1.54) is 4.90 Å². The fourth-order valence-electron chi connectivity index (χ4n) is 4.35. The van der Waals surface area contributed by atoms with Crippen LogP contribution in [0.15, 0.2) is 36.4 Å². The minimum atomic E-state index is -0.151. The van der Waals surface area contributed by atoms with E-state index in [1.807, 2.05) is 24.3 Å². The van der Waals surface area contributed by atoms with Crippen LogP contribution in [0.4, 0.5) is 5.69 Å². The normalized spacial score (nSPS) is 30.8. The molecule has 2 fully saturated rings. The van der Waals surface area contributed by atoms with E-state index in [9.17, 15) is 9.59 Å². The Morgan fingerprint density at radius 1 is 1.00 bits per heavy atom. The lowest BCUT2D eigenvalue weighted by molar-refractivity contribution is -0.124. The van der Waals surface area contributed by atoms with Crippen molar-refractivity contribution in [3.05, 3.63) is 36.4 Å². The van der Waals surface area contributed by atoms with E-state index < -0.39 is 0 Å². The Kier molecular flexibility index (Phi) is 3.91. The van der Waals surface area contributed by atoms with Crippen molar-refractivity contribution in [1.29, 1.82) is 0 Å². The molecule has 2 bridgehead atoms. The number of ether oxygens (including phenoxy) is 1. The second kappa shape index (κ2) is 6.08. The van der Waals surface area contributed by atoms with E-state index >= 15 is 0 Å². The molecule has 2 amide bonds. The number of fused-ring (bicyclic) bond motifs is 1. The molecule has 1 saturated heterocycles. The van der Waals surface area contributed by atoms with Crippen molar-refractivity contribution < 1.29 is 14.3 Å². The van der Waals surface area contributed by atoms with Crippen LogP contribution < -0.4 is 9.64 Å². The average Bonchev–Trinajstić information content (AvgIpc) is 2.90. The van der Waals surface area contributed by atoms with Crippen LogP contribution in [0.3, 0.4) is 0 Å². The summed E-state index contributed by atoms with van der Waals surface area (Å²) in [5.41, 5.74) is 0.668. The van der Waals surface area contributed by atoms with Gasteiger partial charge in [-0.15, -0.1) is 0 Å². The van der Waals surface area contributed by atoms with Gasteiger partial charge in [0.25, 0.3) is 0 Å². The van der Waals surface area contributed by atoms with Crippen LogP contribution in [-0.2, 0) is 9.59 Å². The molecule has 1 heterocycles. The molecule has 1 aromatic carbocycles. The highest BCUT2D eigenvalue weighted by atomic mass is 16.5. The molecule has 1 aromatic rings. The SMILES string of the molecule is CCCCOc1ccc(N2C(=O)C3C(C2=O)[C@H]2C=C[C@@H]3CC2)cc1. The summed E-state index contributed by atoms with van der Waals surface area (Å²) in [6, 6.07) is 7.34. The van der Waals surface area contributed by atoms with Crippen molar-refractivity contribution in [3.8, 4) is 5.75 Å². The van der Waals surface area contributed by atoms with Gasteiger partial charge in [0, 0.05) is 0 Å².